The Balaban J connectivity index is 1.64. The lowest BCUT2D eigenvalue weighted by molar-refractivity contribution is -0.210. The molecule has 2 saturated heterocycles. The van der Waals surface area contributed by atoms with E-state index in [9.17, 15) is 9.59 Å². The van der Waals surface area contributed by atoms with Crippen molar-refractivity contribution in [3.63, 3.8) is 0 Å². The normalized spacial score (nSPS) is 26.7. The van der Waals surface area contributed by atoms with Crippen LogP contribution in [-0.4, -0.2) is 65.6 Å². The first-order valence-corrected chi connectivity index (χ1v) is 11.3. The Kier molecular flexibility index (Phi) is 7.62. The molecular weight excluding hydrogens is 448 g/mol. The summed E-state index contributed by atoms with van der Waals surface area (Å²) in [6.45, 7) is 10.6. The monoisotopic (exact) mass is 480 g/mol. The third-order valence-corrected chi connectivity index (χ3v) is 5.45. The molecule has 2 aliphatic heterocycles. The van der Waals surface area contributed by atoms with Crippen LogP contribution in [0.25, 0.3) is 0 Å². The number of rotatable bonds is 6. The van der Waals surface area contributed by atoms with Crippen LogP contribution in [0.1, 0.15) is 51.9 Å². The average Bonchev–Trinajstić information content (AvgIpc) is 3.17. The second-order valence-corrected chi connectivity index (χ2v) is 9.95. The lowest BCUT2D eigenvalue weighted by Gasteiger charge is -2.29. The van der Waals surface area contributed by atoms with Gasteiger partial charge in [-0.15, -0.1) is 0 Å². The van der Waals surface area contributed by atoms with E-state index in [2.05, 4.69) is 10.6 Å². The van der Waals surface area contributed by atoms with Crippen molar-refractivity contribution in [1.29, 1.82) is 0 Å². The first-order chi connectivity index (χ1) is 15.3. The van der Waals surface area contributed by atoms with Crippen LogP contribution in [0.3, 0.4) is 0 Å². The van der Waals surface area contributed by atoms with Gasteiger partial charge >= 0.3 is 12.1 Å². The second kappa shape index (κ2) is 9.92. The molecule has 2 N–H and O–H groups in total. The number of hydrogen-bond acceptors (Lipinski definition) is 8. The molecule has 5 atom stereocenters. The predicted molar refractivity (Wildman–Crippen MR) is 124 cm³/mol. The number of carbonyl (C=O) groups is 2. The van der Waals surface area contributed by atoms with E-state index in [-0.39, 0.29) is 6.61 Å². The molecule has 3 rings (SSSR count). The Labute approximate surface area is 199 Å². The number of alkyl carbamates (subject to hydrolysis) is 1. The fourth-order valence-electron chi connectivity index (χ4n) is 3.55. The number of thiocarbonyl (C=S) groups is 1. The van der Waals surface area contributed by atoms with Gasteiger partial charge < -0.3 is 34.3 Å². The number of nitrogens with one attached hydrogen (secondary N) is 2. The van der Waals surface area contributed by atoms with Crippen LogP contribution in [0.2, 0.25) is 0 Å². The van der Waals surface area contributed by atoms with Gasteiger partial charge in [0.2, 0.25) is 0 Å². The topological polar surface area (TPSA) is 104 Å². The number of amides is 1. The highest BCUT2D eigenvalue weighted by molar-refractivity contribution is 7.80. The Morgan fingerprint density at radius 1 is 1.18 bits per heavy atom. The van der Waals surface area contributed by atoms with Crippen molar-refractivity contribution in [2.24, 2.45) is 0 Å². The van der Waals surface area contributed by atoms with Gasteiger partial charge in [0.05, 0.1) is 22.6 Å². The van der Waals surface area contributed by atoms with E-state index in [0.717, 1.165) is 0 Å². The number of benzene rings is 1. The first-order valence-electron chi connectivity index (χ1n) is 10.9. The Hall–Kier alpha value is -2.27. The predicted octanol–water partition coefficient (Wildman–Crippen LogP) is 2.92. The third kappa shape index (κ3) is 6.86. The van der Waals surface area contributed by atoms with Gasteiger partial charge in [0.15, 0.2) is 12.1 Å². The quantitative estimate of drug-likeness (QED) is 0.470. The summed E-state index contributed by atoms with van der Waals surface area (Å²) in [4.78, 5) is 24.8. The minimum atomic E-state index is -0.830. The van der Waals surface area contributed by atoms with E-state index in [4.69, 9.17) is 35.9 Å². The van der Waals surface area contributed by atoms with Crippen LogP contribution in [0.5, 0.6) is 0 Å². The summed E-state index contributed by atoms with van der Waals surface area (Å²) in [5.74, 6) is -1.29. The summed E-state index contributed by atoms with van der Waals surface area (Å²) in [6.07, 6.45) is -2.27. The molecule has 1 aromatic rings. The molecule has 1 amide bonds. The average molecular weight is 481 g/mol. The molecule has 1 aromatic carbocycles. The lowest BCUT2D eigenvalue weighted by atomic mass is 10.1. The molecular formula is C23H32N2O7S. The van der Waals surface area contributed by atoms with E-state index in [1.54, 1.807) is 65.8 Å². The van der Waals surface area contributed by atoms with Crippen molar-refractivity contribution in [3.05, 3.63) is 35.9 Å². The zero-order valence-electron chi connectivity index (χ0n) is 19.7. The van der Waals surface area contributed by atoms with Gasteiger partial charge in [-0.3, -0.25) is 0 Å². The summed E-state index contributed by atoms with van der Waals surface area (Å²) in [6, 6.07) is 7.72. The molecule has 0 radical (unpaired) electrons. The van der Waals surface area contributed by atoms with Crippen molar-refractivity contribution in [2.75, 3.05) is 6.61 Å². The summed E-state index contributed by atoms with van der Waals surface area (Å²) in [7, 11) is 0. The molecule has 0 aromatic heterocycles. The molecule has 0 aliphatic carbocycles. The van der Waals surface area contributed by atoms with E-state index < -0.39 is 54.0 Å². The number of hydrogen-bond donors (Lipinski definition) is 2. The highest BCUT2D eigenvalue weighted by atomic mass is 32.1. The standard InChI is InChI=1S/C23H32N2O7S/c1-13(24-21(27)32-22(2,3)4)18(33)25-16-15(29-20-17(16)30-23(5,6)31-20)12-28-19(26)14-10-8-7-9-11-14/h7-11,13,15-17,20H,12H2,1-6H3,(H,24,27)(H,25,33)/t13-,15+,16-,17+,20+/m0/s1. The second-order valence-electron chi connectivity index (χ2n) is 9.51. The van der Waals surface area contributed by atoms with E-state index in [1.807, 2.05) is 6.07 Å². The Bertz CT molecular complexity index is 871. The van der Waals surface area contributed by atoms with Crippen LogP contribution < -0.4 is 10.6 Å². The first kappa shape index (κ1) is 25.4. The summed E-state index contributed by atoms with van der Waals surface area (Å²) in [5.41, 5.74) is -0.181. The molecule has 0 bridgehead atoms. The maximum Gasteiger partial charge on any atom is 0.408 e. The van der Waals surface area contributed by atoms with Gasteiger partial charge in [0.25, 0.3) is 0 Å². The molecule has 182 valence electrons. The fraction of sp³-hybridized carbons (Fsp3) is 0.609. The maximum absolute atomic E-state index is 12.4. The zero-order chi connectivity index (χ0) is 24.4. The van der Waals surface area contributed by atoms with Crippen LogP contribution in [0, 0.1) is 0 Å². The van der Waals surface area contributed by atoms with Gasteiger partial charge in [-0.05, 0) is 53.7 Å². The van der Waals surface area contributed by atoms with Crippen molar-refractivity contribution >= 4 is 29.3 Å². The van der Waals surface area contributed by atoms with Crippen molar-refractivity contribution in [3.8, 4) is 0 Å². The number of ether oxygens (including phenoxy) is 5. The number of carbonyl (C=O) groups excluding carboxylic acids is 2. The molecule has 0 saturated carbocycles. The van der Waals surface area contributed by atoms with E-state index in [1.165, 1.54) is 0 Å². The van der Waals surface area contributed by atoms with Crippen molar-refractivity contribution in [2.45, 2.75) is 83.5 Å². The molecule has 2 aliphatic rings. The van der Waals surface area contributed by atoms with Gasteiger partial charge in [-0.1, -0.05) is 30.4 Å². The Morgan fingerprint density at radius 2 is 1.85 bits per heavy atom. The highest BCUT2D eigenvalue weighted by Gasteiger charge is 2.55. The fourth-order valence-corrected chi connectivity index (χ4v) is 3.74. The third-order valence-electron chi connectivity index (χ3n) is 4.98. The van der Waals surface area contributed by atoms with Gasteiger partial charge in [-0.2, -0.15) is 0 Å². The van der Waals surface area contributed by atoms with Gasteiger partial charge in [-0.25, -0.2) is 9.59 Å². The van der Waals surface area contributed by atoms with Crippen molar-refractivity contribution in [1.82, 2.24) is 10.6 Å². The molecule has 10 heteroatoms. The van der Waals surface area contributed by atoms with Crippen LogP contribution >= 0.6 is 12.2 Å². The Morgan fingerprint density at radius 3 is 2.48 bits per heavy atom. The lowest BCUT2D eigenvalue weighted by Crippen LogP contribution is -2.54. The maximum atomic E-state index is 12.4. The highest BCUT2D eigenvalue weighted by Crippen LogP contribution is 2.37. The van der Waals surface area contributed by atoms with Crippen LogP contribution in [0.4, 0.5) is 4.79 Å². The number of esters is 1. The van der Waals surface area contributed by atoms with Gasteiger partial charge in [0.1, 0.15) is 24.4 Å². The zero-order valence-corrected chi connectivity index (χ0v) is 20.6. The molecule has 2 fully saturated rings. The minimum absolute atomic E-state index is 0.0258. The van der Waals surface area contributed by atoms with Crippen LogP contribution in [0.15, 0.2) is 30.3 Å². The smallest absolute Gasteiger partial charge is 0.408 e. The molecule has 2 heterocycles. The van der Waals surface area contributed by atoms with Crippen molar-refractivity contribution < 1.29 is 33.3 Å². The van der Waals surface area contributed by atoms with E-state index >= 15 is 0 Å². The molecule has 33 heavy (non-hydrogen) atoms. The molecule has 0 spiro atoms. The summed E-state index contributed by atoms with van der Waals surface area (Å²) < 4.78 is 28.6. The number of fused-ring (bicyclic) bond motifs is 1. The van der Waals surface area contributed by atoms with E-state index in [0.29, 0.717) is 10.6 Å². The SMILES string of the molecule is C[C@H](NC(=O)OC(C)(C)C)C(=S)N[C@@H]1[C@H]2OC(C)(C)O[C@H]2O[C@@H]1COC(=O)c1ccccc1. The molecule has 9 nitrogen and oxygen atoms in total. The van der Waals surface area contributed by atoms with Crippen LogP contribution in [-0.2, 0) is 23.7 Å². The summed E-state index contributed by atoms with van der Waals surface area (Å²) in [5, 5.41) is 5.92. The van der Waals surface area contributed by atoms with Gasteiger partial charge in [0, 0.05) is 0 Å². The summed E-state index contributed by atoms with van der Waals surface area (Å²) >= 11 is 5.51. The minimum Gasteiger partial charge on any atom is -0.459 e. The largest absolute Gasteiger partial charge is 0.459 e. The molecule has 0 unspecified atom stereocenters.